The number of benzene rings is 3. The number of halogens is 2. The third-order valence-corrected chi connectivity index (χ3v) is 7.18. The zero-order valence-electron chi connectivity index (χ0n) is 19.7. The molecule has 1 heterocycles. The fraction of sp³-hybridized carbons (Fsp3) is 0.172. The Bertz CT molecular complexity index is 1440. The van der Waals surface area contributed by atoms with Crippen molar-refractivity contribution in [2.24, 2.45) is 0 Å². The largest absolute Gasteiger partial charge is 0.488 e. The third-order valence-electron chi connectivity index (χ3n) is 6.34. The molecule has 1 aliphatic carbocycles. The SMILES string of the molecule is CCOC(=O)C1=C(C)NC2=C(C(=O)c3ccccc32)[C@@H]1c1ccc(OCc2ccc(F)cc2)c(I)c1. The van der Waals surface area contributed by atoms with Crippen molar-refractivity contribution in [3.8, 4) is 5.75 Å². The number of hydrogen-bond acceptors (Lipinski definition) is 5. The van der Waals surface area contributed by atoms with Crippen LogP contribution in [0.3, 0.4) is 0 Å². The number of hydrogen-bond donors (Lipinski definition) is 1. The Balaban J connectivity index is 1.53. The lowest BCUT2D eigenvalue weighted by Crippen LogP contribution is -2.29. The number of fused-ring (bicyclic) bond motifs is 2. The molecule has 0 unspecified atom stereocenters. The fourth-order valence-electron chi connectivity index (χ4n) is 4.70. The maximum atomic E-state index is 13.6. The number of dihydropyridines is 1. The Labute approximate surface area is 222 Å². The first-order chi connectivity index (χ1) is 17.4. The smallest absolute Gasteiger partial charge is 0.336 e. The van der Waals surface area contributed by atoms with Gasteiger partial charge >= 0.3 is 5.97 Å². The molecule has 0 saturated heterocycles. The Kier molecular flexibility index (Phi) is 6.66. The number of allylic oxidation sites excluding steroid dienone is 2. The lowest BCUT2D eigenvalue weighted by Gasteiger charge is -2.29. The second-order valence-electron chi connectivity index (χ2n) is 8.59. The highest BCUT2D eigenvalue weighted by molar-refractivity contribution is 14.1. The lowest BCUT2D eigenvalue weighted by molar-refractivity contribution is -0.138. The number of ketones is 1. The number of rotatable bonds is 6. The Morgan fingerprint density at radius 3 is 2.47 bits per heavy atom. The van der Waals surface area contributed by atoms with Gasteiger partial charge in [-0.05, 0) is 71.8 Å². The molecule has 5 nitrogen and oxygen atoms in total. The molecule has 3 aromatic rings. The average Bonchev–Trinajstić information content (AvgIpc) is 3.15. The van der Waals surface area contributed by atoms with Crippen LogP contribution in [0.5, 0.6) is 5.75 Å². The minimum absolute atomic E-state index is 0.0981. The maximum absolute atomic E-state index is 13.6. The molecular formula is C29H23FINO4. The van der Waals surface area contributed by atoms with E-state index in [-0.39, 0.29) is 18.2 Å². The van der Waals surface area contributed by atoms with Crippen LogP contribution in [0.15, 0.2) is 83.6 Å². The van der Waals surface area contributed by atoms with E-state index in [9.17, 15) is 14.0 Å². The molecule has 1 N–H and O–H groups in total. The fourth-order valence-corrected chi connectivity index (χ4v) is 5.39. The monoisotopic (exact) mass is 595 g/mol. The summed E-state index contributed by atoms with van der Waals surface area (Å²) < 4.78 is 25.4. The number of Topliss-reactive ketones (excluding diaryl/α,β-unsaturated/α-hetero) is 1. The summed E-state index contributed by atoms with van der Waals surface area (Å²) >= 11 is 2.19. The normalized spacial score (nSPS) is 16.4. The van der Waals surface area contributed by atoms with Crippen LogP contribution in [-0.2, 0) is 16.1 Å². The molecule has 5 rings (SSSR count). The number of carbonyl (C=O) groups is 2. The van der Waals surface area contributed by atoms with Crippen LogP contribution in [0.1, 0.15) is 46.8 Å². The summed E-state index contributed by atoms with van der Waals surface area (Å²) in [5, 5.41) is 3.31. The molecule has 7 heteroatoms. The van der Waals surface area contributed by atoms with Gasteiger partial charge in [0.2, 0.25) is 0 Å². The summed E-state index contributed by atoms with van der Waals surface area (Å²) in [5.41, 5.74) is 5.46. The van der Waals surface area contributed by atoms with Gasteiger partial charge in [0, 0.05) is 28.3 Å². The number of nitrogens with one attached hydrogen (secondary N) is 1. The van der Waals surface area contributed by atoms with Crippen molar-refractivity contribution in [3.63, 3.8) is 0 Å². The van der Waals surface area contributed by atoms with Gasteiger partial charge < -0.3 is 14.8 Å². The van der Waals surface area contributed by atoms with Crippen molar-refractivity contribution < 1.29 is 23.5 Å². The molecule has 0 bridgehead atoms. The molecule has 36 heavy (non-hydrogen) atoms. The second-order valence-corrected chi connectivity index (χ2v) is 9.75. The lowest BCUT2D eigenvalue weighted by atomic mass is 9.80. The van der Waals surface area contributed by atoms with Gasteiger partial charge in [0.05, 0.1) is 21.4 Å². The third kappa shape index (κ3) is 4.32. The summed E-state index contributed by atoms with van der Waals surface area (Å²) in [4.78, 5) is 26.6. The van der Waals surface area contributed by atoms with Crippen LogP contribution in [-0.4, -0.2) is 18.4 Å². The van der Waals surface area contributed by atoms with Gasteiger partial charge in [-0.15, -0.1) is 0 Å². The van der Waals surface area contributed by atoms with E-state index in [0.717, 1.165) is 26.0 Å². The highest BCUT2D eigenvalue weighted by Crippen LogP contribution is 2.47. The van der Waals surface area contributed by atoms with Gasteiger partial charge in [-0.25, -0.2) is 9.18 Å². The molecule has 0 amide bonds. The van der Waals surface area contributed by atoms with Crippen molar-refractivity contribution >= 4 is 40.0 Å². The van der Waals surface area contributed by atoms with E-state index in [2.05, 4.69) is 27.9 Å². The van der Waals surface area contributed by atoms with Gasteiger partial charge in [-0.2, -0.15) is 0 Å². The Morgan fingerprint density at radius 2 is 1.78 bits per heavy atom. The van der Waals surface area contributed by atoms with E-state index in [1.54, 1.807) is 19.1 Å². The van der Waals surface area contributed by atoms with Crippen LogP contribution in [0.2, 0.25) is 0 Å². The predicted molar refractivity (Wildman–Crippen MR) is 143 cm³/mol. The standard InChI is InChI=1S/C29H23FINO4/c1-3-35-29(34)24-16(2)32-27-20-6-4-5-7-21(20)28(33)26(27)25(24)18-10-13-23(22(31)14-18)36-15-17-8-11-19(30)12-9-17/h4-14,25,32H,3,15H2,1-2H3/t25-/m1/s1. The van der Waals surface area contributed by atoms with Crippen LogP contribution >= 0.6 is 22.6 Å². The summed E-state index contributed by atoms with van der Waals surface area (Å²) in [7, 11) is 0. The van der Waals surface area contributed by atoms with Gasteiger partial charge in [-0.3, -0.25) is 4.79 Å². The van der Waals surface area contributed by atoms with Crippen molar-refractivity contribution in [2.45, 2.75) is 26.4 Å². The number of esters is 1. The average molecular weight is 595 g/mol. The maximum Gasteiger partial charge on any atom is 0.336 e. The van der Waals surface area contributed by atoms with Crippen molar-refractivity contribution in [1.82, 2.24) is 5.32 Å². The minimum atomic E-state index is -0.583. The molecule has 0 aromatic heterocycles. The van der Waals surface area contributed by atoms with Crippen LogP contribution < -0.4 is 10.1 Å². The first-order valence-corrected chi connectivity index (χ1v) is 12.7. The van der Waals surface area contributed by atoms with Crippen molar-refractivity contribution in [3.05, 3.63) is 115 Å². The van der Waals surface area contributed by atoms with Crippen LogP contribution in [0.25, 0.3) is 5.70 Å². The highest BCUT2D eigenvalue weighted by Gasteiger charge is 2.43. The van der Waals surface area contributed by atoms with Gasteiger partial charge in [0.25, 0.3) is 0 Å². The summed E-state index contributed by atoms with van der Waals surface area (Å²) in [6, 6.07) is 19.3. The zero-order chi connectivity index (χ0) is 25.4. The molecular weight excluding hydrogens is 572 g/mol. The van der Waals surface area contributed by atoms with Crippen LogP contribution in [0, 0.1) is 9.39 Å². The van der Waals surface area contributed by atoms with E-state index >= 15 is 0 Å². The first-order valence-electron chi connectivity index (χ1n) is 11.6. The van der Waals surface area contributed by atoms with Gasteiger partial charge in [0.1, 0.15) is 18.2 Å². The molecule has 0 fully saturated rings. The van der Waals surface area contributed by atoms with Crippen molar-refractivity contribution in [2.75, 3.05) is 6.61 Å². The minimum Gasteiger partial charge on any atom is -0.488 e. The molecule has 1 aliphatic heterocycles. The number of ether oxygens (including phenoxy) is 2. The molecule has 0 saturated carbocycles. The molecule has 3 aromatic carbocycles. The first kappa shape index (κ1) is 24.2. The van der Waals surface area contributed by atoms with Gasteiger partial charge in [-0.1, -0.05) is 42.5 Å². The molecule has 2 aliphatic rings. The topological polar surface area (TPSA) is 64.6 Å². The highest BCUT2D eigenvalue weighted by atomic mass is 127. The van der Waals surface area contributed by atoms with E-state index in [1.165, 1.54) is 12.1 Å². The molecule has 0 spiro atoms. The molecule has 0 radical (unpaired) electrons. The summed E-state index contributed by atoms with van der Waals surface area (Å²) in [6.07, 6.45) is 0. The van der Waals surface area contributed by atoms with E-state index in [0.29, 0.717) is 34.8 Å². The Morgan fingerprint density at radius 1 is 1.06 bits per heavy atom. The van der Waals surface area contributed by atoms with Crippen LogP contribution in [0.4, 0.5) is 4.39 Å². The number of carbonyl (C=O) groups excluding carboxylic acids is 2. The van der Waals surface area contributed by atoms with E-state index < -0.39 is 11.9 Å². The Hall–Kier alpha value is -3.46. The van der Waals surface area contributed by atoms with E-state index in [1.807, 2.05) is 49.4 Å². The molecule has 1 atom stereocenters. The quantitative estimate of drug-likeness (QED) is 0.274. The molecule has 182 valence electrons. The van der Waals surface area contributed by atoms with Crippen molar-refractivity contribution in [1.29, 1.82) is 0 Å². The second kappa shape index (κ2) is 9.89. The zero-order valence-corrected chi connectivity index (χ0v) is 21.9. The van der Waals surface area contributed by atoms with E-state index in [4.69, 9.17) is 9.47 Å². The predicted octanol–water partition coefficient (Wildman–Crippen LogP) is 6.14. The van der Waals surface area contributed by atoms with Gasteiger partial charge in [0.15, 0.2) is 5.78 Å². The summed E-state index contributed by atoms with van der Waals surface area (Å²) in [5.74, 6) is -0.766. The summed E-state index contributed by atoms with van der Waals surface area (Å²) in [6.45, 7) is 4.12.